The molecule has 1 aliphatic carbocycles. The zero-order chi connectivity index (χ0) is 14.4. The van der Waals surface area contributed by atoms with Crippen LogP contribution in [0.1, 0.15) is 25.7 Å². The number of rotatable bonds is 4. The molecule has 2 unspecified atom stereocenters. The van der Waals surface area contributed by atoms with Gasteiger partial charge in [0.2, 0.25) is 0 Å². The molecule has 0 aliphatic heterocycles. The van der Waals surface area contributed by atoms with Gasteiger partial charge in [-0.2, -0.15) is 0 Å². The highest BCUT2D eigenvalue weighted by Crippen LogP contribution is 2.25. The monoisotopic (exact) mass is 277 g/mol. The second-order valence-electron chi connectivity index (χ2n) is 5.19. The largest absolute Gasteiger partial charge is 0.495 e. The molecule has 0 radical (unpaired) electrons. The van der Waals surface area contributed by atoms with Crippen molar-refractivity contribution < 1.29 is 9.53 Å². The number of benzene rings is 1. The first-order valence-corrected chi connectivity index (χ1v) is 7.15. The lowest BCUT2D eigenvalue weighted by molar-refractivity contribution is 0.229. The molecule has 0 saturated heterocycles. The average Bonchev–Trinajstić information content (AvgIpc) is 2.48. The quantitative estimate of drug-likeness (QED) is 0.790. The van der Waals surface area contributed by atoms with Crippen LogP contribution in [0.5, 0.6) is 5.75 Å². The lowest BCUT2D eigenvalue weighted by Crippen LogP contribution is -2.46. The molecule has 2 amide bonds. The van der Waals surface area contributed by atoms with Gasteiger partial charge in [0.15, 0.2) is 0 Å². The highest BCUT2D eigenvalue weighted by molar-refractivity contribution is 5.91. The molecule has 4 N–H and O–H groups in total. The van der Waals surface area contributed by atoms with E-state index in [9.17, 15) is 4.79 Å². The van der Waals surface area contributed by atoms with Crippen LogP contribution in [-0.4, -0.2) is 25.7 Å². The summed E-state index contributed by atoms with van der Waals surface area (Å²) in [6.07, 6.45) is 4.45. The molecule has 110 valence electrons. The summed E-state index contributed by atoms with van der Waals surface area (Å²) in [5.41, 5.74) is 6.45. The van der Waals surface area contributed by atoms with Crippen LogP contribution in [0.3, 0.4) is 0 Å². The van der Waals surface area contributed by atoms with E-state index in [1.54, 1.807) is 7.11 Å². The van der Waals surface area contributed by atoms with Gasteiger partial charge in [0, 0.05) is 6.04 Å². The Kier molecular flexibility index (Phi) is 5.24. The van der Waals surface area contributed by atoms with Crippen molar-refractivity contribution in [2.45, 2.75) is 31.7 Å². The molecule has 2 atom stereocenters. The maximum atomic E-state index is 12.1. The van der Waals surface area contributed by atoms with Crippen LogP contribution in [0.25, 0.3) is 0 Å². The number of anilines is 1. The van der Waals surface area contributed by atoms with Crippen LogP contribution in [-0.2, 0) is 0 Å². The SMILES string of the molecule is COc1ccccc1NC(=O)NC1CCCCC1CN. The van der Waals surface area contributed by atoms with Crippen molar-refractivity contribution in [3.8, 4) is 5.75 Å². The van der Waals surface area contributed by atoms with Gasteiger partial charge in [-0.05, 0) is 37.4 Å². The summed E-state index contributed by atoms with van der Waals surface area (Å²) in [5.74, 6) is 1.04. The predicted molar refractivity (Wildman–Crippen MR) is 79.9 cm³/mol. The highest BCUT2D eigenvalue weighted by atomic mass is 16.5. The van der Waals surface area contributed by atoms with Crippen LogP contribution in [0.4, 0.5) is 10.5 Å². The van der Waals surface area contributed by atoms with E-state index in [1.807, 2.05) is 24.3 Å². The first kappa shape index (κ1) is 14.7. The number of carbonyl (C=O) groups is 1. The number of ether oxygens (including phenoxy) is 1. The minimum absolute atomic E-state index is 0.170. The number of urea groups is 1. The molecule has 1 aromatic carbocycles. The van der Waals surface area contributed by atoms with Crippen molar-refractivity contribution >= 4 is 11.7 Å². The van der Waals surface area contributed by atoms with Crippen molar-refractivity contribution in [2.24, 2.45) is 11.7 Å². The van der Waals surface area contributed by atoms with Gasteiger partial charge in [0.05, 0.1) is 12.8 Å². The highest BCUT2D eigenvalue weighted by Gasteiger charge is 2.25. The van der Waals surface area contributed by atoms with Crippen molar-refractivity contribution in [1.29, 1.82) is 0 Å². The molecule has 20 heavy (non-hydrogen) atoms. The standard InChI is InChI=1S/C15H23N3O2/c1-20-14-9-5-4-8-13(14)18-15(19)17-12-7-3-2-6-11(12)10-16/h4-5,8-9,11-12H,2-3,6-7,10,16H2,1H3,(H2,17,18,19). The fourth-order valence-electron chi connectivity index (χ4n) is 2.75. The van der Waals surface area contributed by atoms with E-state index in [4.69, 9.17) is 10.5 Å². The summed E-state index contributed by atoms with van der Waals surface area (Å²) >= 11 is 0. The number of hydrogen-bond acceptors (Lipinski definition) is 3. The van der Waals surface area contributed by atoms with Crippen molar-refractivity contribution in [1.82, 2.24) is 5.32 Å². The molecule has 5 nitrogen and oxygen atoms in total. The van der Waals surface area contributed by atoms with Gasteiger partial charge in [-0.25, -0.2) is 4.79 Å². The van der Waals surface area contributed by atoms with Crippen LogP contribution in [0, 0.1) is 5.92 Å². The smallest absolute Gasteiger partial charge is 0.319 e. The molecule has 5 heteroatoms. The average molecular weight is 277 g/mol. The van der Waals surface area contributed by atoms with Crippen LogP contribution < -0.4 is 21.1 Å². The molecule has 2 rings (SSSR count). The molecule has 1 aliphatic rings. The molecule has 1 fully saturated rings. The van der Waals surface area contributed by atoms with E-state index in [-0.39, 0.29) is 12.1 Å². The van der Waals surface area contributed by atoms with Crippen LogP contribution in [0.2, 0.25) is 0 Å². The van der Waals surface area contributed by atoms with E-state index in [0.717, 1.165) is 19.3 Å². The van der Waals surface area contributed by atoms with E-state index in [2.05, 4.69) is 10.6 Å². The zero-order valence-electron chi connectivity index (χ0n) is 11.9. The normalized spacial score (nSPS) is 22.1. The molecule has 0 heterocycles. The maximum Gasteiger partial charge on any atom is 0.319 e. The molecule has 0 spiro atoms. The third-order valence-electron chi connectivity index (χ3n) is 3.88. The van der Waals surface area contributed by atoms with Gasteiger partial charge in [-0.1, -0.05) is 25.0 Å². The number of para-hydroxylation sites is 2. The number of carbonyl (C=O) groups excluding carboxylic acids is 1. The number of nitrogens with two attached hydrogens (primary N) is 1. The maximum absolute atomic E-state index is 12.1. The van der Waals surface area contributed by atoms with Crippen molar-refractivity contribution in [2.75, 3.05) is 19.0 Å². The van der Waals surface area contributed by atoms with E-state index in [0.29, 0.717) is 23.9 Å². The zero-order valence-corrected chi connectivity index (χ0v) is 11.9. The number of methoxy groups -OCH3 is 1. The van der Waals surface area contributed by atoms with Crippen molar-refractivity contribution in [3.05, 3.63) is 24.3 Å². The second kappa shape index (κ2) is 7.14. The molecule has 0 bridgehead atoms. The van der Waals surface area contributed by atoms with Gasteiger partial charge in [0.25, 0.3) is 0 Å². The summed E-state index contributed by atoms with van der Waals surface area (Å²) in [4.78, 5) is 12.1. The molecule has 0 aromatic heterocycles. The van der Waals surface area contributed by atoms with Gasteiger partial charge >= 0.3 is 6.03 Å². The van der Waals surface area contributed by atoms with Gasteiger partial charge in [0.1, 0.15) is 5.75 Å². The Morgan fingerprint density at radius 3 is 2.85 bits per heavy atom. The van der Waals surface area contributed by atoms with Gasteiger partial charge < -0.3 is 21.1 Å². The van der Waals surface area contributed by atoms with Crippen molar-refractivity contribution in [3.63, 3.8) is 0 Å². The first-order valence-electron chi connectivity index (χ1n) is 7.15. The Bertz CT molecular complexity index is 450. The summed E-state index contributed by atoms with van der Waals surface area (Å²) in [5, 5.41) is 5.87. The Labute approximate surface area is 119 Å². The Morgan fingerprint density at radius 2 is 2.10 bits per heavy atom. The van der Waals surface area contributed by atoms with Crippen LogP contribution in [0.15, 0.2) is 24.3 Å². The number of amides is 2. The molecule has 1 aromatic rings. The summed E-state index contributed by atoms with van der Waals surface area (Å²) in [6, 6.07) is 7.34. The Hall–Kier alpha value is -1.75. The van der Waals surface area contributed by atoms with E-state index < -0.39 is 0 Å². The molecular weight excluding hydrogens is 254 g/mol. The Balaban J connectivity index is 1.94. The fourth-order valence-corrected chi connectivity index (χ4v) is 2.75. The predicted octanol–water partition coefficient (Wildman–Crippen LogP) is 2.33. The van der Waals surface area contributed by atoms with Gasteiger partial charge in [-0.15, -0.1) is 0 Å². The minimum atomic E-state index is -0.195. The Morgan fingerprint density at radius 1 is 1.35 bits per heavy atom. The third kappa shape index (κ3) is 3.63. The topological polar surface area (TPSA) is 76.4 Å². The minimum Gasteiger partial charge on any atom is -0.495 e. The van der Waals surface area contributed by atoms with Gasteiger partial charge in [-0.3, -0.25) is 0 Å². The number of nitrogens with one attached hydrogen (secondary N) is 2. The third-order valence-corrected chi connectivity index (χ3v) is 3.88. The summed E-state index contributed by atoms with van der Waals surface area (Å²) in [6.45, 7) is 0.625. The summed E-state index contributed by atoms with van der Waals surface area (Å²) < 4.78 is 5.22. The lowest BCUT2D eigenvalue weighted by Gasteiger charge is -2.31. The van der Waals surface area contributed by atoms with E-state index in [1.165, 1.54) is 6.42 Å². The van der Waals surface area contributed by atoms with Crippen LogP contribution >= 0.6 is 0 Å². The molecular formula is C15H23N3O2. The summed E-state index contributed by atoms with van der Waals surface area (Å²) in [7, 11) is 1.59. The first-order chi connectivity index (χ1) is 9.74. The number of hydrogen-bond donors (Lipinski definition) is 3. The fraction of sp³-hybridized carbons (Fsp3) is 0.533. The second-order valence-corrected chi connectivity index (χ2v) is 5.19. The van der Waals surface area contributed by atoms with E-state index >= 15 is 0 Å². The molecule has 1 saturated carbocycles. The lowest BCUT2D eigenvalue weighted by atomic mass is 9.84.